The van der Waals surface area contributed by atoms with E-state index in [1.54, 1.807) is 7.11 Å². The van der Waals surface area contributed by atoms with Crippen LogP contribution in [0.15, 0.2) is 34.7 Å². The molecule has 4 nitrogen and oxygen atoms in total. The second kappa shape index (κ2) is 5.60. The number of hydrogen-bond donors (Lipinski definition) is 1. The van der Waals surface area contributed by atoms with Crippen LogP contribution < -0.4 is 15.2 Å². The van der Waals surface area contributed by atoms with Crippen molar-refractivity contribution in [3.8, 4) is 11.5 Å². The maximum absolute atomic E-state index is 5.61. The summed E-state index contributed by atoms with van der Waals surface area (Å²) in [7, 11) is 1.63. The molecule has 0 saturated carbocycles. The summed E-state index contributed by atoms with van der Waals surface area (Å²) in [6.45, 7) is 2.78. The highest BCUT2D eigenvalue weighted by atomic mass is 16.5. The molecule has 0 aliphatic heterocycles. The standard InChI is InChI=1S/C14H17NO3/c1-10-11(8-15)7-14(18-10)9-17-13-5-3-12(16-2)4-6-13/h3-7H,8-9,15H2,1-2H3. The fourth-order valence-electron chi connectivity index (χ4n) is 1.69. The van der Waals surface area contributed by atoms with Crippen molar-refractivity contribution in [2.45, 2.75) is 20.1 Å². The van der Waals surface area contributed by atoms with Gasteiger partial charge in [-0.2, -0.15) is 0 Å². The van der Waals surface area contributed by atoms with Crippen LogP contribution in [0.3, 0.4) is 0 Å². The van der Waals surface area contributed by atoms with Crippen LogP contribution in [0.5, 0.6) is 11.5 Å². The van der Waals surface area contributed by atoms with Crippen molar-refractivity contribution in [2.24, 2.45) is 5.73 Å². The van der Waals surface area contributed by atoms with Gasteiger partial charge in [0.2, 0.25) is 0 Å². The molecule has 2 aromatic rings. The number of furan rings is 1. The molecular formula is C14H17NO3. The van der Waals surface area contributed by atoms with Crippen LogP contribution in [0.25, 0.3) is 0 Å². The number of ether oxygens (including phenoxy) is 2. The summed E-state index contributed by atoms with van der Waals surface area (Å²) in [5.74, 6) is 3.22. The average molecular weight is 247 g/mol. The molecule has 0 atom stereocenters. The SMILES string of the molecule is COc1ccc(OCc2cc(CN)c(C)o2)cc1. The maximum Gasteiger partial charge on any atom is 0.146 e. The Bertz CT molecular complexity index is 502. The largest absolute Gasteiger partial charge is 0.497 e. The summed E-state index contributed by atoms with van der Waals surface area (Å²) in [6, 6.07) is 9.36. The van der Waals surface area contributed by atoms with Gasteiger partial charge in [-0.3, -0.25) is 0 Å². The lowest BCUT2D eigenvalue weighted by atomic mass is 10.2. The van der Waals surface area contributed by atoms with Gasteiger partial charge in [-0.25, -0.2) is 0 Å². The van der Waals surface area contributed by atoms with Crippen LogP contribution in [0.2, 0.25) is 0 Å². The molecule has 96 valence electrons. The Kier molecular flexibility index (Phi) is 3.89. The van der Waals surface area contributed by atoms with E-state index in [1.165, 1.54) is 0 Å². The molecule has 18 heavy (non-hydrogen) atoms. The summed E-state index contributed by atoms with van der Waals surface area (Å²) < 4.78 is 16.2. The number of nitrogens with two attached hydrogens (primary N) is 1. The second-order valence-electron chi connectivity index (χ2n) is 3.96. The highest BCUT2D eigenvalue weighted by molar-refractivity contribution is 5.31. The van der Waals surface area contributed by atoms with Crippen molar-refractivity contribution >= 4 is 0 Å². The van der Waals surface area contributed by atoms with Crippen molar-refractivity contribution in [3.05, 3.63) is 47.4 Å². The Hall–Kier alpha value is -1.94. The van der Waals surface area contributed by atoms with Crippen molar-refractivity contribution in [2.75, 3.05) is 7.11 Å². The predicted octanol–water partition coefficient (Wildman–Crippen LogP) is 2.63. The molecule has 0 bridgehead atoms. The molecule has 0 spiro atoms. The molecular weight excluding hydrogens is 230 g/mol. The first-order valence-electron chi connectivity index (χ1n) is 5.78. The van der Waals surface area contributed by atoms with E-state index in [0.29, 0.717) is 13.2 Å². The molecule has 0 aliphatic rings. The quantitative estimate of drug-likeness (QED) is 0.882. The van der Waals surface area contributed by atoms with Crippen LogP contribution >= 0.6 is 0 Å². The van der Waals surface area contributed by atoms with Gasteiger partial charge in [0, 0.05) is 12.1 Å². The van der Waals surface area contributed by atoms with Gasteiger partial charge in [0.1, 0.15) is 29.6 Å². The Labute approximate surface area is 106 Å². The molecule has 0 amide bonds. The third-order valence-electron chi connectivity index (χ3n) is 2.73. The summed E-state index contributed by atoms with van der Waals surface area (Å²) in [6.07, 6.45) is 0. The lowest BCUT2D eigenvalue weighted by Crippen LogP contribution is -1.96. The van der Waals surface area contributed by atoms with Gasteiger partial charge in [0.15, 0.2) is 0 Å². The Morgan fingerprint density at radius 3 is 2.39 bits per heavy atom. The Morgan fingerprint density at radius 1 is 1.17 bits per heavy atom. The van der Waals surface area contributed by atoms with Crippen LogP contribution in [-0.4, -0.2) is 7.11 Å². The van der Waals surface area contributed by atoms with E-state index in [0.717, 1.165) is 28.6 Å². The highest BCUT2D eigenvalue weighted by Crippen LogP contribution is 2.20. The first kappa shape index (κ1) is 12.5. The first-order chi connectivity index (χ1) is 8.72. The lowest BCUT2D eigenvalue weighted by molar-refractivity contribution is 0.267. The fraction of sp³-hybridized carbons (Fsp3) is 0.286. The van der Waals surface area contributed by atoms with E-state index >= 15 is 0 Å². The molecule has 2 rings (SSSR count). The summed E-state index contributed by atoms with van der Waals surface area (Å²) in [5.41, 5.74) is 6.61. The minimum absolute atomic E-state index is 0.396. The average Bonchev–Trinajstić information content (AvgIpc) is 2.77. The van der Waals surface area contributed by atoms with E-state index < -0.39 is 0 Å². The minimum Gasteiger partial charge on any atom is -0.497 e. The number of methoxy groups -OCH3 is 1. The van der Waals surface area contributed by atoms with E-state index in [9.17, 15) is 0 Å². The lowest BCUT2D eigenvalue weighted by Gasteiger charge is -2.05. The van der Waals surface area contributed by atoms with Crippen molar-refractivity contribution < 1.29 is 13.9 Å². The van der Waals surface area contributed by atoms with E-state index in [4.69, 9.17) is 19.6 Å². The Balaban J connectivity index is 1.97. The van der Waals surface area contributed by atoms with Gasteiger partial charge >= 0.3 is 0 Å². The molecule has 0 saturated heterocycles. The predicted molar refractivity (Wildman–Crippen MR) is 68.7 cm³/mol. The molecule has 0 fully saturated rings. The normalized spacial score (nSPS) is 10.4. The van der Waals surface area contributed by atoms with Gasteiger partial charge in [-0.05, 0) is 37.3 Å². The second-order valence-corrected chi connectivity index (χ2v) is 3.96. The highest BCUT2D eigenvalue weighted by Gasteiger charge is 2.06. The fourth-order valence-corrected chi connectivity index (χ4v) is 1.69. The molecule has 0 unspecified atom stereocenters. The van der Waals surface area contributed by atoms with Gasteiger partial charge in [0.05, 0.1) is 7.11 Å². The summed E-state index contributed by atoms with van der Waals surface area (Å²) >= 11 is 0. The zero-order valence-electron chi connectivity index (χ0n) is 10.6. The number of aryl methyl sites for hydroxylation is 1. The Morgan fingerprint density at radius 2 is 1.83 bits per heavy atom. The smallest absolute Gasteiger partial charge is 0.146 e. The topological polar surface area (TPSA) is 57.6 Å². The van der Waals surface area contributed by atoms with Gasteiger partial charge in [0.25, 0.3) is 0 Å². The van der Waals surface area contributed by atoms with Crippen molar-refractivity contribution in [3.63, 3.8) is 0 Å². The van der Waals surface area contributed by atoms with E-state index in [-0.39, 0.29) is 0 Å². The van der Waals surface area contributed by atoms with Crippen molar-refractivity contribution in [1.29, 1.82) is 0 Å². The third-order valence-corrected chi connectivity index (χ3v) is 2.73. The van der Waals surface area contributed by atoms with Crippen molar-refractivity contribution in [1.82, 2.24) is 0 Å². The minimum atomic E-state index is 0.396. The van der Waals surface area contributed by atoms with Crippen LogP contribution in [-0.2, 0) is 13.2 Å². The molecule has 1 aromatic heterocycles. The molecule has 2 N–H and O–H groups in total. The van der Waals surface area contributed by atoms with E-state index in [1.807, 2.05) is 37.3 Å². The summed E-state index contributed by atoms with van der Waals surface area (Å²) in [4.78, 5) is 0. The van der Waals surface area contributed by atoms with E-state index in [2.05, 4.69) is 0 Å². The van der Waals surface area contributed by atoms with Gasteiger partial charge < -0.3 is 19.6 Å². The monoisotopic (exact) mass is 247 g/mol. The zero-order chi connectivity index (χ0) is 13.0. The number of benzene rings is 1. The molecule has 1 aromatic carbocycles. The molecule has 4 heteroatoms. The number of hydrogen-bond acceptors (Lipinski definition) is 4. The van der Waals surface area contributed by atoms with Gasteiger partial charge in [-0.15, -0.1) is 0 Å². The molecule has 0 radical (unpaired) electrons. The summed E-state index contributed by atoms with van der Waals surface area (Å²) in [5, 5.41) is 0. The van der Waals surface area contributed by atoms with Crippen LogP contribution in [0.4, 0.5) is 0 Å². The van der Waals surface area contributed by atoms with Gasteiger partial charge in [-0.1, -0.05) is 0 Å². The van der Waals surface area contributed by atoms with Crippen LogP contribution in [0.1, 0.15) is 17.1 Å². The molecule has 1 heterocycles. The maximum atomic E-state index is 5.61. The van der Waals surface area contributed by atoms with Crippen LogP contribution in [0, 0.1) is 6.92 Å². The third kappa shape index (κ3) is 2.84. The zero-order valence-corrected chi connectivity index (χ0v) is 10.6. The number of rotatable bonds is 5. The molecule has 0 aliphatic carbocycles. The first-order valence-corrected chi connectivity index (χ1v) is 5.78.